The number of benzene rings is 1. The highest BCUT2D eigenvalue weighted by molar-refractivity contribution is 6.08. The number of aryl methyl sites for hydroxylation is 1. The van der Waals surface area contributed by atoms with Crippen LogP contribution in [0.4, 0.5) is 5.69 Å². The zero-order valence-corrected chi connectivity index (χ0v) is 13.0. The van der Waals surface area contributed by atoms with Crippen LogP contribution in [-0.4, -0.2) is 32.1 Å². The summed E-state index contributed by atoms with van der Waals surface area (Å²) in [6.45, 7) is 0.902. The lowest BCUT2D eigenvalue weighted by Crippen LogP contribution is -2.36. The van der Waals surface area contributed by atoms with Gasteiger partial charge in [-0.25, -0.2) is 0 Å². The van der Waals surface area contributed by atoms with Crippen LogP contribution in [0.25, 0.3) is 0 Å². The van der Waals surface area contributed by atoms with Crippen molar-refractivity contribution in [1.29, 1.82) is 5.26 Å². The fourth-order valence-electron chi connectivity index (χ4n) is 2.48. The van der Waals surface area contributed by atoms with E-state index in [-0.39, 0.29) is 23.9 Å². The van der Waals surface area contributed by atoms with E-state index < -0.39 is 0 Å². The Labute approximate surface area is 135 Å². The number of nitrogens with zero attached hydrogens (tertiary/aromatic N) is 2. The van der Waals surface area contributed by atoms with Gasteiger partial charge in [-0.1, -0.05) is 18.2 Å². The molecule has 0 aromatic heterocycles. The van der Waals surface area contributed by atoms with Gasteiger partial charge in [0.2, 0.25) is 0 Å². The van der Waals surface area contributed by atoms with Crippen molar-refractivity contribution in [3.8, 4) is 6.07 Å². The molecule has 1 aromatic rings. The van der Waals surface area contributed by atoms with Crippen LogP contribution in [0.15, 0.2) is 36.0 Å². The van der Waals surface area contributed by atoms with E-state index in [1.54, 1.807) is 4.90 Å². The number of ether oxygens (including phenoxy) is 1. The molecule has 6 nitrogen and oxygen atoms in total. The second-order valence-corrected chi connectivity index (χ2v) is 5.14. The number of carbonyl (C=O) groups excluding carboxylic acids is 2. The highest BCUT2D eigenvalue weighted by atomic mass is 16.5. The topological polar surface area (TPSA) is 82.4 Å². The third-order valence-electron chi connectivity index (χ3n) is 3.65. The largest absolute Gasteiger partial charge is 0.469 e. The molecule has 1 aliphatic heterocycles. The van der Waals surface area contributed by atoms with Crippen molar-refractivity contribution in [3.63, 3.8) is 0 Å². The lowest BCUT2D eigenvalue weighted by Gasteiger charge is -2.29. The van der Waals surface area contributed by atoms with Crippen molar-refractivity contribution in [2.75, 3.05) is 25.1 Å². The molecule has 0 atom stereocenters. The molecular weight excluding hydrogens is 294 g/mol. The Balaban J connectivity index is 2.06. The number of para-hydroxylation sites is 1. The molecule has 0 fully saturated rings. The molecule has 1 aliphatic rings. The quantitative estimate of drug-likeness (QED) is 0.386. The van der Waals surface area contributed by atoms with Crippen LogP contribution in [0.5, 0.6) is 0 Å². The van der Waals surface area contributed by atoms with Crippen LogP contribution in [0.1, 0.15) is 18.4 Å². The number of carbonyl (C=O) groups is 2. The maximum absolute atomic E-state index is 12.6. The van der Waals surface area contributed by atoms with Crippen molar-refractivity contribution in [3.05, 3.63) is 41.6 Å². The van der Waals surface area contributed by atoms with E-state index in [2.05, 4.69) is 10.1 Å². The predicted molar refractivity (Wildman–Crippen MR) is 85.4 cm³/mol. The van der Waals surface area contributed by atoms with E-state index in [1.807, 2.05) is 30.3 Å². The number of amides is 1. The van der Waals surface area contributed by atoms with E-state index in [4.69, 9.17) is 0 Å². The van der Waals surface area contributed by atoms with Gasteiger partial charge in [0.15, 0.2) is 0 Å². The molecule has 1 aromatic carbocycles. The normalized spacial score (nSPS) is 13.7. The summed E-state index contributed by atoms with van der Waals surface area (Å²) in [5.41, 5.74) is 1.99. The van der Waals surface area contributed by atoms with E-state index in [1.165, 1.54) is 13.3 Å². The predicted octanol–water partition coefficient (Wildman–Crippen LogP) is 1.53. The SMILES string of the molecule is COC(=O)CCN/C=C(/C#N)C(=O)N1CCCc2ccccc21. The summed E-state index contributed by atoms with van der Waals surface area (Å²) in [7, 11) is 1.32. The van der Waals surface area contributed by atoms with Gasteiger partial charge in [-0.05, 0) is 24.5 Å². The Morgan fingerprint density at radius 2 is 2.22 bits per heavy atom. The fraction of sp³-hybridized carbons (Fsp3) is 0.353. The van der Waals surface area contributed by atoms with Gasteiger partial charge in [0, 0.05) is 25.0 Å². The molecular formula is C17H19N3O3. The fourth-order valence-corrected chi connectivity index (χ4v) is 2.48. The van der Waals surface area contributed by atoms with Gasteiger partial charge < -0.3 is 15.0 Å². The monoisotopic (exact) mass is 313 g/mol. The number of nitrogens with one attached hydrogen (secondary N) is 1. The summed E-state index contributed by atoms with van der Waals surface area (Å²) >= 11 is 0. The van der Waals surface area contributed by atoms with E-state index in [0.29, 0.717) is 13.1 Å². The first-order valence-electron chi connectivity index (χ1n) is 7.47. The average molecular weight is 313 g/mol. The maximum atomic E-state index is 12.6. The smallest absolute Gasteiger partial charge is 0.307 e. The summed E-state index contributed by atoms with van der Waals surface area (Å²) in [5, 5.41) is 12.0. The number of anilines is 1. The second kappa shape index (κ2) is 7.99. The van der Waals surface area contributed by atoms with E-state index >= 15 is 0 Å². The van der Waals surface area contributed by atoms with Gasteiger partial charge in [-0.15, -0.1) is 0 Å². The molecule has 0 saturated carbocycles. The highest BCUT2D eigenvalue weighted by Crippen LogP contribution is 2.27. The molecule has 1 amide bonds. The molecule has 0 saturated heterocycles. The van der Waals surface area contributed by atoms with Gasteiger partial charge in [-0.3, -0.25) is 9.59 Å². The summed E-state index contributed by atoms with van der Waals surface area (Å²) in [6.07, 6.45) is 3.34. The van der Waals surface area contributed by atoms with Crippen LogP contribution >= 0.6 is 0 Å². The van der Waals surface area contributed by atoms with Crippen molar-refractivity contribution in [2.45, 2.75) is 19.3 Å². The van der Waals surface area contributed by atoms with Crippen molar-refractivity contribution >= 4 is 17.6 Å². The van der Waals surface area contributed by atoms with Crippen molar-refractivity contribution < 1.29 is 14.3 Å². The first-order chi connectivity index (χ1) is 11.2. The molecule has 0 spiro atoms. The summed E-state index contributed by atoms with van der Waals surface area (Å²) < 4.78 is 4.53. The molecule has 1 N–H and O–H groups in total. The first kappa shape index (κ1) is 16.6. The van der Waals surface area contributed by atoms with Gasteiger partial charge in [-0.2, -0.15) is 5.26 Å². The zero-order chi connectivity index (χ0) is 16.7. The number of esters is 1. The number of fused-ring (bicyclic) bond motifs is 1. The minimum absolute atomic E-state index is 0.0200. The standard InChI is InChI=1S/C17H19N3O3/c1-23-16(21)8-9-19-12-14(11-18)17(22)20-10-4-6-13-5-2-3-7-15(13)20/h2-3,5,7,12,19H,4,6,8-10H2,1H3/b14-12-. The van der Waals surface area contributed by atoms with Gasteiger partial charge in [0.25, 0.3) is 5.91 Å². The third kappa shape index (κ3) is 4.10. The lowest BCUT2D eigenvalue weighted by atomic mass is 10.0. The van der Waals surface area contributed by atoms with Crippen molar-refractivity contribution in [1.82, 2.24) is 5.32 Å². The Hall–Kier alpha value is -2.81. The molecule has 23 heavy (non-hydrogen) atoms. The Kier molecular flexibility index (Phi) is 5.75. The van der Waals surface area contributed by atoms with Crippen molar-refractivity contribution in [2.24, 2.45) is 0 Å². The summed E-state index contributed by atoms with van der Waals surface area (Å²) in [4.78, 5) is 25.2. The van der Waals surface area contributed by atoms with Crippen LogP contribution in [0.3, 0.4) is 0 Å². The minimum Gasteiger partial charge on any atom is -0.469 e. The molecule has 0 unspecified atom stereocenters. The van der Waals surface area contributed by atoms with Crippen LogP contribution < -0.4 is 10.2 Å². The number of hydrogen-bond acceptors (Lipinski definition) is 5. The number of hydrogen-bond donors (Lipinski definition) is 1. The van der Waals surface area contributed by atoms with Crippen LogP contribution in [0.2, 0.25) is 0 Å². The maximum Gasteiger partial charge on any atom is 0.307 e. The number of rotatable bonds is 5. The number of methoxy groups -OCH3 is 1. The summed E-state index contributed by atoms with van der Waals surface area (Å²) in [5.74, 6) is -0.675. The average Bonchev–Trinajstić information content (AvgIpc) is 2.60. The van der Waals surface area contributed by atoms with Gasteiger partial charge >= 0.3 is 5.97 Å². The first-order valence-corrected chi connectivity index (χ1v) is 7.47. The highest BCUT2D eigenvalue weighted by Gasteiger charge is 2.24. The lowest BCUT2D eigenvalue weighted by molar-refractivity contribution is -0.140. The molecule has 0 bridgehead atoms. The minimum atomic E-state index is -0.347. The zero-order valence-electron chi connectivity index (χ0n) is 13.0. The number of nitriles is 1. The van der Waals surface area contributed by atoms with Gasteiger partial charge in [0.05, 0.1) is 13.5 Å². The van der Waals surface area contributed by atoms with Crippen LogP contribution in [0, 0.1) is 11.3 Å². The van der Waals surface area contributed by atoms with Gasteiger partial charge in [0.1, 0.15) is 11.6 Å². The molecule has 120 valence electrons. The van der Waals surface area contributed by atoms with E-state index in [9.17, 15) is 14.9 Å². The Bertz CT molecular complexity index is 661. The molecule has 0 radical (unpaired) electrons. The molecule has 0 aliphatic carbocycles. The molecule has 6 heteroatoms. The Morgan fingerprint density at radius 1 is 1.43 bits per heavy atom. The van der Waals surface area contributed by atoms with E-state index in [0.717, 1.165) is 24.1 Å². The Morgan fingerprint density at radius 3 is 2.96 bits per heavy atom. The second-order valence-electron chi connectivity index (χ2n) is 5.14. The third-order valence-corrected chi connectivity index (χ3v) is 3.65. The molecule has 2 rings (SSSR count). The summed E-state index contributed by atoms with van der Waals surface area (Å²) in [6, 6.07) is 9.65. The molecule has 1 heterocycles. The van der Waals surface area contributed by atoms with Crippen LogP contribution in [-0.2, 0) is 20.7 Å².